The third kappa shape index (κ3) is 3.54. The van der Waals surface area contributed by atoms with Gasteiger partial charge in [0, 0.05) is 5.92 Å². The molecule has 0 N–H and O–H groups in total. The van der Waals surface area contributed by atoms with Crippen LogP contribution in [0.4, 0.5) is 4.39 Å². The van der Waals surface area contributed by atoms with E-state index < -0.39 is 39.9 Å². The average Bonchev–Trinajstić information content (AvgIpc) is 3.47. The molecular weight excluding hydrogens is 435 g/mol. The second kappa shape index (κ2) is 7.69. The van der Waals surface area contributed by atoms with Crippen LogP contribution >= 0.6 is 0 Å². The fourth-order valence-electron chi connectivity index (χ4n) is 7.75. The number of benzene rings is 1. The van der Waals surface area contributed by atoms with Gasteiger partial charge in [-0.15, -0.1) is 0 Å². The Morgan fingerprint density at radius 3 is 2.59 bits per heavy atom. The minimum atomic E-state index is -4.48. The van der Waals surface area contributed by atoms with Crippen LogP contribution in [0, 0.1) is 47.2 Å². The van der Waals surface area contributed by atoms with Gasteiger partial charge in [-0.05, 0) is 85.8 Å². The predicted molar refractivity (Wildman–Crippen MR) is 113 cm³/mol. The largest absolute Gasteiger partial charge is 0.748 e. The molecule has 176 valence electrons. The van der Waals surface area contributed by atoms with Crippen LogP contribution in [-0.4, -0.2) is 36.9 Å². The van der Waals surface area contributed by atoms with Crippen molar-refractivity contribution in [1.82, 2.24) is 0 Å². The van der Waals surface area contributed by atoms with E-state index in [1.807, 2.05) is 0 Å². The molecule has 7 unspecified atom stereocenters. The number of carbonyl (C=O) groups is 1. The van der Waals surface area contributed by atoms with E-state index in [1.165, 1.54) is 37.5 Å². The number of carbonyl (C=O) groups excluding carboxylic acids is 1. The third-order valence-corrected chi connectivity index (χ3v) is 9.50. The van der Waals surface area contributed by atoms with E-state index in [1.54, 1.807) is 0 Å². The first-order valence-corrected chi connectivity index (χ1v) is 13.3. The molecular formula is C24H30FO6S-. The van der Waals surface area contributed by atoms with E-state index in [0.29, 0.717) is 17.8 Å². The molecule has 7 atom stereocenters. The van der Waals surface area contributed by atoms with Gasteiger partial charge >= 0.3 is 5.97 Å². The van der Waals surface area contributed by atoms with Crippen molar-refractivity contribution in [2.75, 3.05) is 12.4 Å². The van der Waals surface area contributed by atoms with E-state index >= 15 is 0 Å². The molecule has 4 saturated carbocycles. The fraction of sp³-hybridized carbons (Fsp3) is 0.708. The molecule has 8 heteroatoms. The molecule has 4 bridgehead atoms. The molecule has 1 aromatic carbocycles. The molecule has 6 nitrogen and oxygen atoms in total. The van der Waals surface area contributed by atoms with Crippen molar-refractivity contribution in [2.24, 2.45) is 41.4 Å². The molecule has 0 heterocycles. The Morgan fingerprint density at radius 1 is 1.19 bits per heavy atom. The van der Waals surface area contributed by atoms with Gasteiger partial charge in [0.15, 0.2) is 11.6 Å². The summed E-state index contributed by atoms with van der Waals surface area (Å²) in [6, 6.07) is 3.81. The first kappa shape index (κ1) is 22.1. The molecule has 32 heavy (non-hydrogen) atoms. The van der Waals surface area contributed by atoms with Gasteiger partial charge in [0.25, 0.3) is 0 Å². The van der Waals surface area contributed by atoms with Crippen LogP contribution < -0.4 is 4.74 Å². The van der Waals surface area contributed by atoms with E-state index in [2.05, 4.69) is 13.8 Å². The van der Waals surface area contributed by atoms with Crippen molar-refractivity contribution < 1.29 is 31.6 Å². The van der Waals surface area contributed by atoms with Gasteiger partial charge in [0.05, 0.1) is 21.4 Å². The summed E-state index contributed by atoms with van der Waals surface area (Å²) in [5.74, 6) is 2.24. The summed E-state index contributed by atoms with van der Waals surface area (Å²) in [7, 11) is -4.48. The summed E-state index contributed by atoms with van der Waals surface area (Å²) < 4.78 is 58.3. The van der Waals surface area contributed by atoms with Crippen LogP contribution in [0.5, 0.6) is 5.75 Å². The lowest BCUT2D eigenvalue weighted by Gasteiger charge is -2.48. The minimum absolute atomic E-state index is 0.0388. The summed E-state index contributed by atoms with van der Waals surface area (Å²) in [5, 5.41) is 0. The van der Waals surface area contributed by atoms with E-state index in [4.69, 9.17) is 9.47 Å². The zero-order valence-electron chi connectivity index (χ0n) is 18.5. The Bertz CT molecular complexity index is 1020. The molecule has 4 aliphatic rings. The van der Waals surface area contributed by atoms with Crippen LogP contribution in [0.25, 0.3) is 0 Å². The lowest BCUT2D eigenvalue weighted by molar-refractivity contribution is -0.0768. The van der Waals surface area contributed by atoms with Gasteiger partial charge in [0.2, 0.25) is 0 Å². The number of hydrogen-bond donors (Lipinski definition) is 0. The molecule has 0 spiro atoms. The summed E-state index contributed by atoms with van der Waals surface area (Å²) in [5.41, 5.74) is -0.374. The maximum atomic E-state index is 14.8. The topological polar surface area (TPSA) is 92.7 Å². The number of halogens is 1. The van der Waals surface area contributed by atoms with Gasteiger partial charge in [0.1, 0.15) is 12.2 Å². The van der Waals surface area contributed by atoms with Crippen LogP contribution in [0.1, 0.15) is 56.3 Å². The maximum Gasteiger partial charge on any atom is 0.338 e. The molecule has 5 rings (SSSR count). The minimum Gasteiger partial charge on any atom is -0.748 e. The number of rotatable bonds is 7. The molecule has 0 aromatic heterocycles. The third-order valence-electron chi connectivity index (χ3n) is 8.83. The van der Waals surface area contributed by atoms with E-state index in [0.717, 1.165) is 30.6 Å². The van der Waals surface area contributed by atoms with Gasteiger partial charge in [-0.25, -0.2) is 17.6 Å². The summed E-state index contributed by atoms with van der Waals surface area (Å²) in [4.78, 5) is 12.3. The summed E-state index contributed by atoms with van der Waals surface area (Å²) in [6.45, 7) is 3.74. The average molecular weight is 466 g/mol. The first-order chi connectivity index (χ1) is 15.1. The Balaban J connectivity index is 1.37. The Hall–Kier alpha value is -1.67. The Morgan fingerprint density at radius 2 is 1.91 bits per heavy atom. The Labute approximate surface area is 188 Å². The monoisotopic (exact) mass is 465 g/mol. The lowest BCUT2D eigenvalue weighted by atomic mass is 9.63. The predicted octanol–water partition coefficient (Wildman–Crippen LogP) is 4.00. The standard InChI is InChI=1S/C24H31FO6S/c1-13(2)24(12-17-10-18(24)22-15-4-3-14(9-15)21(17)22)31-20-11-16(5-6-19(20)25)23(26)30-7-8-32(27,28)29/h5-6,11,13-15,17-18,21-22H,3-4,7-10,12H2,1-2H3,(H,27,28,29)/p-1. The highest BCUT2D eigenvalue weighted by Gasteiger charge is 2.68. The fourth-order valence-corrected chi connectivity index (χ4v) is 8.04. The van der Waals surface area contributed by atoms with E-state index in [9.17, 15) is 22.2 Å². The molecule has 0 radical (unpaired) electrons. The highest BCUT2D eigenvalue weighted by Crippen LogP contribution is 2.71. The van der Waals surface area contributed by atoms with Crippen molar-refractivity contribution in [1.29, 1.82) is 0 Å². The number of fused-ring (bicyclic) bond motifs is 9. The molecule has 0 saturated heterocycles. The van der Waals surface area contributed by atoms with Gasteiger partial charge < -0.3 is 14.0 Å². The Kier molecular flexibility index (Phi) is 5.32. The normalized spacial score (nSPS) is 37.2. The molecule has 0 amide bonds. The zero-order valence-corrected chi connectivity index (χ0v) is 19.3. The van der Waals surface area contributed by atoms with Crippen LogP contribution in [0.3, 0.4) is 0 Å². The SMILES string of the molecule is CC(C)C1(Oc2cc(C(=O)OCCS(=O)(=O)[O-])ccc2F)CC2CC1C1C3CCC(C3)C21. The lowest BCUT2D eigenvalue weighted by Crippen LogP contribution is -2.52. The quantitative estimate of drug-likeness (QED) is 0.343. The van der Waals surface area contributed by atoms with Crippen molar-refractivity contribution in [3.63, 3.8) is 0 Å². The molecule has 1 aromatic rings. The molecule has 4 fully saturated rings. The van der Waals surface area contributed by atoms with Crippen LogP contribution in [0.2, 0.25) is 0 Å². The van der Waals surface area contributed by atoms with Crippen molar-refractivity contribution in [3.8, 4) is 5.75 Å². The van der Waals surface area contributed by atoms with E-state index in [-0.39, 0.29) is 17.2 Å². The van der Waals surface area contributed by atoms with Gasteiger partial charge in [-0.1, -0.05) is 13.8 Å². The first-order valence-electron chi connectivity index (χ1n) is 11.7. The van der Waals surface area contributed by atoms with Crippen LogP contribution in [0.15, 0.2) is 18.2 Å². The summed E-state index contributed by atoms with van der Waals surface area (Å²) >= 11 is 0. The van der Waals surface area contributed by atoms with Crippen LogP contribution in [-0.2, 0) is 14.9 Å². The second-order valence-corrected chi connectivity index (χ2v) is 12.1. The molecule has 0 aliphatic heterocycles. The number of esters is 1. The number of ether oxygens (including phenoxy) is 2. The highest BCUT2D eigenvalue weighted by atomic mass is 32.2. The zero-order chi connectivity index (χ0) is 22.8. The maximum absolute atomic E-state index is 14.8. The second-order valence-electron chi connectivity index (χ2n) is 10.5. The van der Waals surface area contributed by atoms with Crippen molar-refractivity contribution in [2.45, 2.75) is 51.6 Å². The smallest absolute Gasteiger partial charge is 0.338 e. The van der Waals surface area contributed by atoms with Gasteiger partial charge in [-0.2, -0.15) is 0 Å². The highest BCUT2D eigenvalue weighted by molar-refractivity contribution is 7.85. The van der Waals surface area contributed by atoms with Crippen molar-refractivity contribution >= 4 is 16.1 Å². The van der Waals surface area contributed by atoms with Gasteiger partial charge in [-0.3, -0.25) is 0 Å². The summed E-state index contributed by atoms with van der Waals surface area (Å²) in [6.07, 6.45) is 6.07. The number of hydrogen-bond acceptors (Lipinski definition) is 6. The molecule has 4 aliphatic carbocycles. The van der Waals surface area contributed by atoms with Crippen molar-refractivity contribution in [3.05, 3.63) is 29.6 Å².